The molecule has 2 aromatic rings. The van der Waals surface area contributed by atoms with E-state index in [-0.39, 0.29) is 11.7 Å². The molecule has 4 nitrogen and oxygen atoms in total. The topological polar surface area (TPSA) is 70.1 Å². The minimum Gasteiger partial charge on any atom is -0.384 e. The molecule has 0 fully saturated rings. The molecule has 1 aliphatic heterocycles. The number of anilines is 1. The summed E-state index contributed by atoms with van der Waals surface area (Å²) in [7, 11) is 0. The van der Waals surface area contributed by atoms with Crippen LogP contribution in [0.4, 0.5) is 5.69 Å². The number of nitriles is 1. The summed E-state index contributed by atoms with van der Waals surface area (Å²) in [6.45, 7) is 4.04. The summed E-state index contributed by atoms with van der Waals surface area (Å²) in [5.41, 5.74) is 10.4. The Hall–Kier alpha value is -2.55. The Morgan fingerprint density at radius 3 is 2.76 bits per heavy atom. The van der Waals surface area contributed by atoms with E-state index in [4.69, 9.17) is 17.3 Å². The van der Waals surface area contributed by atoms with Crippen LogP contribution < -0.4 is 10.6 Å². The molecule has 0 spiro atoms. The molecule has 1 aromatic heterocycles. The van der Waals surface area contributed by atoms with Crippen LogP contribution in [0.2, 0.25) is 5.02 Å². The van der Waals surface area contributed by atoms with Crippen LogP contribution in [0.1, 0.15) is 47.4 Å². The van der Waals surface area contributed by atoms with E-state index in [9.17, 15) is 10.1 Å². The molecule has 0 amide bonds. The van der Waals surface area contributed by atoms with Crippen molar-refractivity contribution in [2.75, 3.05) is 4.90 Å². The number of Topliss-reactive ketones (excluding diaryl/α,β-unsaturated/α-hetero) is 1. The second kappa shape index (κ2) is 7.70. The molecule has 2 heterocycles. The zero-order chi connectivity index (χ0) is 20.7. The second-order valence-corrected chi connectivity index (χ2v) is 9.01. The third kappa shape index (κ3) is 3.27. The highest BCUT2D eigenvalue weighted by Gasteiger charge is 2.40. The van der Waals surface area contributed by atoms with Crippen LogP contribution in [0.15, 0.2) is 53.0 Å². The summed E-state index contributed by atoms with van der Waals surface area (Å²) in [5.74, 6) is 0.105. The van der Waals surface area contributed by atoms with Crippen molar-refractivity contribution in [2.45, 2.75) is 45.4 Å². The molecular formula is C23H22ClN3OS. The first-order chi connectivity index (χ1) is 14.0. The quantitative estimate of drug-likeness (QED) is 0.699. The lowest BCUT2D eigenvalue weighted by atomic mass is 9.78. The molecule has 0 bridgehead atoms. The van der Waals surface area contributed by atoms with Crippen LogP contribution in [-0.2, 0) is 11.2 Å². The third-order valence-corrected chi connectivity index (χ3v) is 7.34. The molecule has 1 aliphatic carbocycles. The van der Waals surface area contributed by atoms with Crippen molar-refractivity contribution < 1.29 is 4.79 Å². The van der Waals surface area contributed by atoms with Crippen LogP contribution in [-0.4, -0.2) is 5.78 Å². The SMILES string of the molecule is CCc1ccc([C@H]2C(C#N)=C(N)N(c3ccc(C)c(Cl)c3)C3=C2C(=O)CCC3)s1. The molecule has 2 N–H and O–H groups in total. The summed E-state index contributed by atoms with van der Waals surface area (Å²) >= 11 is 8.02. The summed E-state index contributed by atoms with van der Waals surface area (Å²) in [5, 5.41) is 10.7. The van der Waals surface area contributed by atoms with Crippen LogP contribution in [0.5, 0.6) is 0 Å². The predicted molar refractivity (Wildman–Crippen MR) is 118 cm³/mol. The lowest BCUT2D eigenvalue weighted by Gasteiger charge is -2.39. The number of halogens is 1. The molecular weight excluding hydrogens is 402 g/mol. The number of rotatable bonds is 3. The zero-order valence-electron chi connectivity index (χ0n) is 16.5. The molecule has 0 saturated carbocycles. The average molecular weight is 424 g/mol. The number of benzene rings is 1. The van der Waals surface area contributed by atoms with Crippen molar-refractivity contribution in [1.29, 1.82) is 5.26 Å². The molecule has 1 atom stereocenters. The lowest BCUT2D eigenvalue weighted by Crippen LogP contribution is -2.38. The second-order valence-electron chi connectivity index (χ2n) is 7.41. The van der Waals surface area contributed by atoms with Gasteiger partial charge in [-0.15, -0.1) is 11.3 Å². The molecule has 148 valence electrons. The molecule has 0 saturated heterocycles. The van der Waals surface area contributed by atoms with Gasteiger partial charge in [-0.2, -0.15) is 5.26 Å². The van der Waals surface area contributed by atoms with Crippen molar-refractivity contribution in [3.8, 4) is 6.07 Å². The number of nitrogens with zero attached hydrogens (tertiary/aromatic N) is 2. The highest BCUT2D eigenvalue weighted by atomic mass is 35.5. The van der Waals surface area contributed by atoms with Crippen molar-refractivity contribution in [1.82, 2.24) is 0 Å². The lowest BCUT2D eigenvalue weighted by molar-refractivity contribution is -0.116. The van der Waals surface area contributed by atoms with Gasteiger partial charge in [0.2, 0.25) is 0 Å². The van der Waals surface area contributed by atoms with E-state index in [0.717, 1.165) is 41.1 Å². The summed E-state index contributed by atoms with van der Waals surface area (Å²) in [6, 6.07) is 12.1. The maximum absolute atomic E-state index is 13.1. The number of carbonyl (C=O) groups excluding carboxylic acids is 1. The van der Waals surface area contributed by atoms with Gasteiger partial charge in [-0.25, -0.2) is 0 Å². The van der Waals surface area contributed by atoms with E-state index in [1.54, 1.807) is 11.3 Å². The van der Waals surface area contributed by atoms with E-state index in [1.807, 2.05) is 36.1 Å². The Balaban J connectivity index is 1.95. The Morgan fingerprint density at radius 1 is 1.31 bits per heavy atom. The first kappa shape index (κ1) is 19.8. The van der Waals surface area contributed by atoms with Crippen molar-refractivity contribution in [3.63, 3.8) is 0 Å². The molecule has 1 aromatic carbocycles. The molecule has 2 aliphatic rings. The van der Waals surface area contributed by atoms with E-state index >= 15 is 0 Å². The van der Waals surface area contributed by atoms with Gasteiger partial charge in [0.25, 0.3) is 0 Å². The van der Waals surface area contributed by atoms with Gasteiger partial charge in [-0.3, -0.25) is 9.69 Å². The molecule has 4 rings (SSSR count). The summed E-state index contributed by atoms with van der Waals surface area (Å²) in [6.07, 6.45) is 2.95. The van der Waals surface area contributed by atoms with Gasteiger partial charge < -0.3 is 5.73 Å². The zero-order valence-corrected chi connectivity index (χ0v) is 18.0. The van der Waals surface area contributed by atoms with Crippen LogP contribution in [0, 0.1) is 18.3 Å². The first-order valence-electron chi connectivity index (χ1n) is 9.77. The van der Waals surface area contributed by atoms with Gasteiger partial charge >= 0.3 is 0 Å². The van der Waals surface area contributed by atoms with Crippen LogP contribution in [0.25, 0.3) is 0 Å². The van der Waals surface area contributed by atoms with Gasteiger partial charge in [0, 0.05) is 38.2 Å². The number of ketones is 1. The standard InChI is InChI=1S/C23H22ClN3OS/c1-3-15-9-10-20(29-15)21-16(12-25)23(26)27(14-8-7-13(2)17(24)11-14)18-5-4-6-19(28)22(18)21/h7-11,21H,3-6,26H2,1-2H3/t21-/m1/s1. The van der Waals surface area contributed by atoms with E-state index in [0.29, 0.717) is 28.4 Å². The number of carbonyl (C=O) groups is 1. The fourth-order valence-electron chi connectivity index (χ4n) is 4.13. The van der Waals surface area contributed by atoms with Gasteiger partial charge in [-0.1, -0.05) is 24.6 Å². The molecule has 6 heteroatoms. The molecule has 29 heavy (non-hydrogen) atoms. The number of nitrogens with two attached hydrogens (primary N) is 1. The van der Waals surface area contributed by atoms with Gasteiger partial charge in [0.05, 0.1) is 17.6 Å². The first-order valence-corrected chi connectivity index (χ1v) is 11.0. The number of hydrogen-bond acceptors (Lipinski definition) is 5. The molecule has 0 radical (unpaired) electrons. The largest absolute Gasteiger partial charge is 0.384 e. The van der Waals surface area contributed by atoms with Gasteiger partial charge in [0.15, 0.2) is 5.78 Å². The number of hydrogen-bond donors (Lipinski definition) is 1. The Bertz CT molecular complexity index is 1110. The minimum atomic E-state index is -0.384. The van der Waals surface area contributed by atoms with Crippen LogP contribution >= 0.6 is 22.9 Å². The maximum Gasteiger partial charge on any atom is 0.161 e. The van der Waals surface area contributed by atoms with E-state index in [1.165, 1.54) is 4.88 Å². The minimum absolute atomic E-state index is 0.103. The van der Waals surface area contributed by atoms with Crippen molar-refractivity contribution in [3.05, 3.63) is 73.3 Å². The Morgan fingerprint density at radius 2 is 2.10 bits per heavy atom. The van der Waals surface area contributed by atoms with Crippen molar-refractivity contribution in [2.24, 2.45) is 5.73 Å². The predicted octanol–water partition coefficient (Wildman–Crippen LogP) is 5.58. The highest BCUT2D eigenvalue weighted by molar-refractivity contribution is 7.12. The fourth-order valence-corrected chi connectivity index (χ4v) is 5.37. The normalized spacial score (nSPS) is 19.4. The van der Waals surface area contributed by atoms with E-state index < -0.39 is 0 Å². The monoisotopic (exact) mass is 423 g/mol. The Kier molecular flexibility index (Phi) is 5.24. The van der Waals surface area contributed by atoms with Gasteiger partial charge in [0.1, 0.15) is 5.82 Å². The van der Waals surface area contributed by atoms with Crippen molar-refractivity contribution >= 4 is 34.4 Å². The Labute approximate surface area is 179 Å². The van der Waals surface area contributed by atoms with Crippen LogP contribution in [0.3, 0.4) is 0 Å². The molecule has 0 unspecified atom stereocenters. The van der Waals surface area contributed by atoms with Gasteiger partial charge in [-0.05, 0) is 56.0 Å². The fraction of sp³-hybridized carbons (Fsp3) is 0.304. The number of allylic oxidation sites excluding steroid dienone is 3. The third-order valence-electron chi connectivity index (χ3n) is 5.64. The smallest absolute Gasteiger partial charge is 0.161 e. The average Bonchev–Trinajstić information content (AvgIpc) is 3.18. The number of aryl methyl sites for hydroxylation is 2. The maximum atomic E-state index is 13.1. The highest BCUT2D eigenvalue weighted by Crippen LogP contribution is 2.48. The summed E-state index contributed by atoms with van der Waals surface area (Å²) < 4.78 is 0. The number of thiophene rings is 1. The van der Waals surface area contributed by atoms with E-state index in [2.05, 4.69) is 19.1 Å². The summed E-state index contributed by atoms with van der Waals surface area (Å²) in [4.78, 5) is 17.2.